The van der Waals surface area contributed by atoms with Crippen molar-refractivity contribution in [2.24, 2.45) is 0 Å². The minimum Gasteiger partial charge on any atom is -0.493 e. The van der Waals surface area contributed by atoms with E-state index >= 15 is 0 Å². The second-order valence-corrected chi connectivity index (χ2v) is 8.18. The molecule has 1 fully saturated rings. The van der Waals surface area contributed by atoms with Crippen molar-refractivity contribution in [2.45, 2.75) is 38.3 Å². The van der Waals surface area contributed by atoms with E-state index in [9.17, 15) is 9.90 Å². The highest BCUT2D eigenvalue weighted by Crippen LogP contribution is 2.47. The van der Waals surface area contributed by atoms with Gasteiger partial charge in [-0.2, -0.15) is 0 Å². The number of benzene rings is 1. The molecule has 2 unspecified atom stereocenters. The van der Waals surface area contributed by atoms with E-state index in [-0.39, 0.29) is 6.04 Å². The number of methoxy groups -OCH3 is 3. The van der Waals surface area contributed by atoms with Crippen molar-refractivity contribution in [2.75, 3.05) is 27.9 Å². The topological polar surface area (TPSA) is 68.2 Å². The maximum atomic E-state index is 12.0. The summed E-state index contributed by atoms with van der Waals surface area (Å²) in [6.45, 7) is 2.78. The molecule has 0 amide bonds. The smallest absolute Gasteiger partial charge is 0.320 e. The van der Waals surface area contributed by atoms with Crippen molar-refractivity contribution in [3.8, 4) is 17.2 Å². The van der Waals surface area contributed by atoms with Crippen LogP contribution in [0.2, 0.25) is 0 Å². The Balaban J connectivity index is 2.19. The molecule has 7 heteroatoms. The zero-order valence-electron chi connectivity index (χ0n) is 16.7. The fraction of sp³-hybridized carbons (Fsp3) is 0.476. The number of thiophene rings is 1. The zero-order chi connectivity index (χ0) is 20.3. The fourth-order valence-electron chi connectivity index (χ4n) is 3.96. The molecule has 2 aromatic rings. The Morgan fingerprint density at radius 2 is 1.86 bits per heavy atom. The number of likely N-dealkylation sites (tertiary alicyclic amines) is 1. The third kappa shape index (κ3) is 3.82. The number of piperidine rings is 1. The summed E-state index contributed by atoms with van der Waals surface area (Å²) in [4.78, 5) is 16.4. The summed E-state index contributed by atoms with van der Waals surface area (Å²) in [6.07, 6.45) is 2.54. The summed E-state index contributed by atoms with van der Waals surface area (Å²) in [7, 11) is 4.76. The third-order valence-corrected chi connectivity index (χ3v) is 6.27. The monoisotopic (exact) mass is 405 g/mol. The lowest BCUT2D eigenvalue weighted by molar-refractivity contribution is -0.145. The van der Waals surface area contributed by atoms with Crippen LogP contribution in [0, 0.1) is 6.92 Å². The molecule has 1 aromatic carbocycles. The van der Waals surface area contributed by atoms with Gasteiger partial charge < -0.3 is 19.3 Å². The van der Waals surface area contributed by atoms with E-state index in [1.54, 1.807) is 32.7 Å². The van der Waals surface area contributed by atoms with Crippen molar-refractivity contribution in [1.82, 2.24) is 4.90 Å². The molecule has 0 radical (unpaired) electrons. The summed E-state index contributed by atoms with van der Waals surface area (Å²) < 4.78 is 16.7. The average molecular weight is 406 g/mol. The Labute approximate surface area is 169 Å². The van der Waals surface area contributed by atoms with Gasteiger partial charge in [0.05, 0.1) is 27.4 Å². The number of hydrogen-bond donors (Lipinski definition) is 1. The van der Waals surface area contributed by atoms with E-state index < -0.39 is 12.0 Å². The van der Waals surface area contributed by atoms with E-state index in [0.29, 0.717) is 23.7 Å². The van der Waals surface area contributed by atoms with Crippen LogP contribution in [0.3, 0.4) is 0 Å². The average Bonchev–Trinajstić information content (AvgIpc) is 3.13. The predicted molar refractivity (Wildman–Crippen MR) is 109 cm³/mol. The number of rotatable bonds is 7. The normalized spacial score (nSPS) is 18.5. The first-order valence-electron chi connectivity index (χ1n) is 9.35. The molecule has 0 saturated carbocycles. The van der Waals surface area contributed by atoms with Gasteiger partial charge in [0.1, 0.15) is 6.04 Å². The molecule has 1 saturated heterocycles. The van der Waals surface area contributed by atoms with Crippen molar-refractivity contribution >= 4 is 17.3 Å². The van der Waals surface area contributed by atoms with Crippen LogP contribution in [-0.4, -0.2) is 49.9 Å². The number of ether oxygens (including phenoxy) is 3. The lowest BCUT2D eigenvalue weighted by atomic mass is 9.94. The molecule has 0 spiro atoms. The van der Waals surface area contributed by atoms with Crippen LogP contribution in [0.15, 0.2) is 24.3 Å². The van der Waals surface area contributed by atoms with E-state index in [1.165, 1.54) is 4.88 Å². The maximum absolute atomic E-state index is 12.0. The van der Waals surface area contributed by atoms with Crippen molar-refractivity contribution in [1.29, 1.82) is 0 Å². The highest BCUT2D eigenvalue weighted by Gasteiger charge is 2.37. The lowest BCUT2D eigenvalue weighted by Crippen LogP contribution is -2.46. The Morgan fingerprint density at radius 3 is 2.43 bits per heavy atom. The van der Waals surface area contributed by atoms with E-state index in [1.807, 2.05) is 12.1 Å². The number of hydrogen-bond acceptors (Lipinski definition) is 6. The van der Waals surface area contributed by atoms with Crippen molar-refractivity contribution in [3.05, 3.63) is 39.6 Å². The first-order valence-corrected chi connectivity index (χ1v) is 10.2. The molecule has 0 aliphatic carbocycles. The molecule has 1 aliphatic heterocycles. The molecule has 3 rings (SSSR count). The number of aliphatic carboxylic acids is 1. The second kappa shape index (κ2) is 8.84. The molecule has 2 heterocycles. The van der Waals surface area contributed by atoms with Gasteiger partial charge in [-0.15, -0.1) is 11.3 Å². The van der Waals surface area contributed by atoms with Gasteiger partial charge in [-0.25, -0.2) is 0 Å². The number of nitrogens with zero attached hydrogens (tertiary/aromatic N) is 1. The highest BCUT2D eigenvalue weighted by atomic mass is 32.1. The molecule has 1 N–H and O–H groups in total. The molecule has 28 heavy (non-hydrogen) atoms. The van der Waals surface area contributed by atoms with E-state index in [4.69, 9.17) is 14.2 Å². The second-order valence-electron chi connectivity index (χ2n) is 6.86. The Hall–Kier alpha value is -2.25. The molecule has 0 bridgehead atoms. The summed E-state index contributed by atoms with van der Waals surface area (Å²) in [5, 5.41) is 9.85. The minimum absolute atomic E-state index is 0.227. The van der Waals surface area contributed by atoms with Gasteiger partial charge in [0, 0.05) is 15.3 Å². The first kappa shape index (κ1) is 20.5. The lowest BCUT2D eigenvalue weighted by Gasteiger charge is -2.39. The van der Waals surface area contributed by atoms with Crippen LogP contribution in [0.25, 0.3) is 0 Å². The number of carboxylic acid groups (broad SMARTS) is 1. The SMILES string of the molecule is COc1ccc(C(c2ccc(C)s2)N2CCCCC2C(=O)O)c(OC)c1OC. The fourth-order valence-corrected chi connectivity index (χ4v) is 4.98. The third-order valence-electron chi connectivity index (χ3n) is 5.22. The Bertz CT molecular complexity index is 834. The van der Waals surface area contributed by atoms with Crippen LogP contribution in [0.1, 0.15) is 40.6 Å². The molecule has 152 valence electrons. The van der Waals surface area contributed by atoms with Gasteiger partial charge >= 0.3 is 5.97 Å². The quantitative estimate of drug-likeness (QED) is 0.748. The molecular weight excluding hydrogens is 378 g/mol. The van der Waals surface area contributed by atoms with Crippen molar-refractivity contribution < 1.29 is 24.1 Å². The predicted octanol–water partition coefficient (Wildman–Crippen LogP) is 4.11. The summed E-state index contributed by atoms with van der Waals surface area (Å²) in [6, 6.07) is 7.19. The number of carboxylic acids is 1. The zero-order valence-corrected chi connectivity index (χ0v) is 17.5. The maximum Gasteiger partial charge on any atom is 0.320 e. The van der Waals surface area contributed by atoms with Crippen LogP contribution < -0.4 is 14.2 Å². The Morgan fingerprint density at radius 1 is 1.11 bits per heavy atom. The minimum atomic E-state index is -0.780. The standard InChI is InChI=1S/C21H27NO5S/c1-13-8-11-17(28-13)18(22-12-6-5-7-15(22)21(23)24)14-9-10-16(25-2)20(27-4)19(14)26-3/h8-11,15,18H,5-7,12H2,1-4H3,(H,23,24). The number of carbonyl (C=O) groups is 1. The van der Waals surface area contributed by atoms with Crippen molar-refractivity contribution in [3.63, 3.8) is 0 Å². The van der Waals surface area contributed by atoms with E-state index in [2.05, 4.69) is 24.0 Å². The van der Waals surface area contributed by atoms with Gasteiger partial charge in [0.25, 0.3) is 0 Å². The molecular formula is C21H27NO5S. The van der Waals surface area contributed by atoms with Crippen LogP contribution in [-0.2, 0) is 4.79 Å². The summed E-state index contributed by atoms with van der Waals surface area (Å²) >= 11 is 1.68. The summed E-state index contributed by atoms with van der Waals surface area (Å²) in [5.74, 6) is 0.896. The van der Waals surface area contributed by atoms with Gasteiger partial charge in [0.15, 0.2) is 11.5 Å². The largest absolute Gasteiger partial charge is 0.493 e. The van der Waals surface area contributed by atoms with Crippen LogP contribution in [0.5, 0.6) is 17.2 Å². The van der Waals surface area contributed by atoms with Gasteiger partial charge in [-0.05, 0) is 50.6 Å². The van der Waals surface area contributed by atoms with Crippen LogP contribution in [0.4, 0.5) is 0 Å². The molecule has 2 atom stereocenters. The van der Waals surface area contributed by atoms with Gasteiger partial charge in [0.2, 0.25) is 5.75 Å². The Kier molecular flexibility index (Phi) is 6.46. The van der Waals surface area contributed by atoms with E-state index in [0.717, 1.165) is 29.8 Å². The van der Waals surface area contributed by atoms with Crippen LogP contribution >= 0.6 is 11.3 Å². The molecule has 6 nitrogen and oxygen atoms in total. The number of aryl methyl sites for hydroxylation is 1. The molecule has 1 aromatic heterocycles. The van der Waals surface area contributed by atoms with Gasteiger partial charge in [-0.3, -0.25) is 9.69 Å². The van der Waals surface area contributed by atoms with Gasteiger partial charge in [-0.1, -0.05) is 6.42 Å². The molecule has 1 aliphatic rings. The highest BCUT2D eigenvalue weighted by molar-refractivity contribution is 7.12. The first-order chi connectivity index (χ1) is 13.5. The summed E-state index contributed by atoms with van der Waals surface area (Å²) in [5.41, 5.74) is 0.884.